The van der Waals surface area contributed by atoms with E-state index in [1.807, 2.05) is 30.5 Å². The number of hydrogen-bond donors (Lipinski definition) is 2. The van der Waals surface area contributed by atoms with Crippen molar-refractivity contribution in [2.24, 2.45) is 4.99 Å². The van der Waals surface area contributed by atoms with Crippen molar-refractivity contribution in [2.75, 3.05) is 6.26 Å². The molecule has 1 aliphatic heterocycles. The molecule has 0 aliphatic carbocycles. The first-order valence-corrected chi connectivity index (χ1v) is 6.60. The summed E-state index contributed by atoms with van der Waals surface area (Å²) in [7, 11) is 0. The van der Waals surface area contributed by atoms with Crippen LogP contribution in [0.4, 0.5) is 10.5 Å². The summed E-state index contributed by atoms with van der Waals surface area (Å²) in [5, 5.41) is 12.3. The van der Waals surface area contributed by atoms with Gasteiger partial charge < -0.3 is 10.4 Å². The quantitative estimate of drug-likeness (QED) is 0.805. The van der Waals surface area contributed by atoms with Gasteiger partial charge in [-0.1, -0.05) is 18.2 Å². The van der Waals surface area contributed by atoms with Gasteiger partial charge in [0, 0.05) is 12.5 Å². The molecule has 0 saturated carbocycles. The molecule has 1 aromatic rings. The third-order valence-electron chi connectivity index (χ3n) is 2.69. The van der Waals surface area contributed by atoms with E-state index in [1.54, 1.807) is 11.8 Å². The highest BCUT2D eigenvalue weighted by atomic mass is 32.2. The van der Waals surface area contributed by atoms with Gasteiger partial charge in [0.1, 0.15) is 0 Å². The smallest absolute Gasteiger partial charge is 0.404 e. The summed E-state index contributed by atoms with van der Waals surface area (Å²) in [4.78, 5) is 15.3. The zero-order valence-electron chi connectivity index (χ0n) is 9.51. The van der Waals surface area contributed by atoms with Gasteiger partial charge in [0.05, 0.1) is 10.7 Å². The molecule has 0 saturated heterocycles. The van der Waals surface area contributed by atoms with Crippen LogP contribution in [-0.2, 0) is 6.42 Å². The molecular weight excluding hydrogens is 236 g/mol. The van der Waals surface area contributed by atoms with Crippen molar-refractivity contribution in [2.45, 2.75) is 18.9 Å². The summed E-state index contributed by atoms with van der Waals surface area (Å²) >= 11 is 1.57. The Morgan fingerprint density at radius 2 is 2.24 bits per heavy atom. The molecule has 1 aromatic carbocycles. The van der Waals surface area contributed by atoms with Crippen LogP contribution in [0, 0.1) is 0 Å². The lowest BCUT2D eigenvalue weighted by molar-refractivity contribution is 0.190. The highest BCUT2D eigenvalue weighted by Gasteiger charge is 2.19. The van der Waals surface area contributed by atoms with E-state index in [0.29, 0.717) is 12.8 Å². The van der Waals surface area contributed by atoms with E-state index in [4.69, 9.17) is 5.11 Å². The minimum Gasteiger partial charge on any atom is -0.465 e. The fourth-order valence-corrected chi connectivity index (χ4v) is 2.48. The van der Waals surface area contributed by atoms with Gasteiger partial charge in [0.15, 0.2) is 0 Å². The van der Waals surface area contributed by atoms with Crippen LogP contribution in [0.15, 0.2) is 29.3 Å². The molecule has 2 N–H and O–H groups in total. The zero-order valence-corrected chi connectivity index (χ0v) is 10.3. The highest BCUT2D eigenvalue weighted by molar-refractivity contribution is 8.13. The predicted molar refractivity (Wildman–Crippen MR) is 70.3 cm³/mol. The normalized spacial score (nSPS) is 18.9. The van der Waals surface area contributed by atoms with Crippen molar-refractivity contribution in [1.29, 1.82) is 0 Å². The van der Waals surface area contributed by atoms with Gasteiger partial charge in [-0.25, -0.2) is 9.79 Å². The summed E-state index contributed by atoms with van der Waals surface area (Å²) in [6, 6.07) is 7.77. The van der Waals surface area contributed by atoms with Crippen LogP contribution in [0.25, 0.3) is 0 Å². The van der Waals surface area contributed by atoms with Crippen LogP contribution >= 0.6 is 11.8 Å². The maximum absolute atomic E-state index is 10.7. The monoisotopic (exact) mass is 250 g/mol. The second-order valence-electron chi connectivity index (χ2n) is 3.89. The Kier molecular flexibility index (Phi) is 3.68. The van der Waals surface area contributed by atoms with Crippen LogP contribution in [0.1, 0.15) is 12.0 Å². The van der Waals surface area contributed by atoms with E-state index < -0.39 is 6.09 Å². The number of rotatable bonds is 1. The molecule has 1 unspecified atom stereocenters. The molecule has 1 aliphatic rings. The topological polar surface area (TPSA) is 61.7 Å². The number of fused-ring (bicyclic) bond motifs is 1. The average molecular weight is 250 g/mol. The number of nitrogens with zero attached hydrogens (tertiary/aromatic N) is 1. The van der Waals surface area contributed by atoms with Gasteiger partial charge in [0.2, 0.25) is 0 Å². The first-order chi connectivity index (χ1) is 8.19. The standard InChI is InChI=1S/C12H14N2O2S/c1-17-11-7-9(13-12(15)16)6-8-4-2-3-5-10(8)14-11/h2-5,9,13H,6-7H2,1H3,(H,15,16). The number of aliphatic imine (C=N–C) groups is 1. The third-order valence-corrected chi connectivity index (χ3v) is 3.42. The van der Waals surface area contributed by atoms with E-state index in [-0.39, 0.29) is 6.04 Å². The SMILES string of the molecule is CSC1=Nc2ccccc2CC(NC(=O)O)C1. The second-order valence-corrected chi connectivity index (χ2v) is 4.77. The number of para-hydroxylation sites is 1. The molecule has 1 atom stereocenters. The molecule has 1 amide bonds. The number of nitrogens with one attached hydrogen (secondary N) is 1. The maximum atomic E-state index is 10.7. The molecule has 0 radical (unpaired) electrons. The fraction of sp³-hybridized carbons (Fsp3) is 0.333. The number of carbonyl (C=O) groups is 1. The van der Waals surface area contributed by atoms with Crippen LogP contribution in [-0.4, -0.2) is 28.5 Å². The van der Waals surface area contributed by atoms with Gasteiger partial charge >= 0.3 is 6.09 Å². The molecule has 0 spiro atoms. The number of thioether (sulfide) groups is 1. The van der Waals surface area contributed by atoms with Crippen LogP contribution in [0.2, 0.25) is 0 Å². The summed E-state index contributed by atoms with van der Waals surface area (Å²) in [6.45, 7) is 0. The minimum atomic E-state index is -0.977. The van der Waals surface area contributed by atoms with E-state index in [9.17, 15) is 4.79 Å². The van der Waals surface area contributed by atoms with Gasteiger partial charge in [-0.2, -0.15) is 0 Å². The van der Waals surface area contributed by atoms with Crippen LogP contribution in [0.5, 0.6) is 0 Å². The Hall–Kier alpha value is -1.49. The lowest BCUT2D eigenvalue weighted by atomic mass is 10.0. The number of benzene rings is 1. The minimum absolute atomic E-state index is 0.0950. The number of amides is 1. The molecule has 2 rings (SSSR count). The highest BCUT2D eigenvalue weighted by Crippen LogP contribution is 2.27. The Bertz CT molecular complexity index is 460. The van der Waals surface area contributed by atoms with Crippen molar-refractivity contribution < 1.29 is 9.90 Å². The molecule has 1 heterocycles. The Morgan fingerprint density at radius 3 is 2.94 bits per heavy atom. The summed E-state index contributed by atoms with van der Waals surface area (Å²) in [5.74, 6) is 0. The van der Waals surface area contributed by atoms with E-state index >= 15 is 0 Å². The fourth-order valence-electron chi connectivity index (χ4n) is 1.93. The summed E-state index contributed by atoms with van der Waals surface area (Å²) < 4.78 is 0. The predicted octanol–water partition coefficient (Wildman–Crippen LogP) is 2.66. The number of carboxylic acid groups (broad SMARTS) is 1. The molecule has 90 valence electrons. The molecular formula is C12H14N2O2S. The molecule has 17 heavy (non-hydrogen) atoms. The number of hydrogen-bond acceptors (Lipinski definition) is 3. The molecule has 0 fully saturated rings. The Labute approximate surface area is 104 Å². The molecule has 0 aromatic heterocycles. The van der Waals surface area contributed by atoms with Crippen molar-refractivity contribution >= 4 is 28.6 Å². The van der Waals surface area contributed by atoms with Crippen molar-refractivity contribution in [3.8, 4) is 0 Å². The van der Waals surface area contributed by atoms with Crippen molar-refractivity contribution in [3.05, 3.63) is 29.8 Å². The van der Waals surface area contributed by atoms with Gasteiger partial charge in [-0.05, 0) is 24.3 Å². The molecule has 5 heteroatoms. The van der Waals surface area contributed by atoms with E-state index in [0.717, 1.165) is 16.3 Å². The van der Waals surface area contributed by atoms with Crippen molar-refractivity contribution in [1.82, 2.24) is 5.32 Å². The molecule has 0 bridgehead atoms. The van der Waals surface area contributed by atoms with Gasteiger partial charge in [-0.3, -0.25) is 0 Å². The van der Waals surface area contributed by atoms with E-state index in [1.165, 1.54) is 0 Å². The van der Waals surface area contributed by atoms with Crippen LogP contribution in [0.3, 0.4) is 0 Å². The maximum Gasteiger partial charge on any atom is 0.404 e. The Balaban J connectivity index is 2.30. The largest absolute Gasteiger partial charge is 0.465 e. The zero-order chi connectivity index (χ0) is 12.3. The van der Waals surface area contributed by atoms with Crippen LogP contribution < -0.4 is 5.32 Å². The second kappa shape index (κ2) is 5.23. The van der Waals surface area contributed by atoms with Gasteiger partial charge in [0.25, 0.3) is 0 Å². The summed E-state index contributed by atoms with van der Waals surface area (Å²) in [6.07, 6.45) is 2.33. The summed E-state index contributed by atoms with van der Waals surface area (Å²) in [5.41, 5.74) is 2.04. The third kappa shape index (κ3) is 3.00. The van der Waals surface area contributed by atoms with E-state index in [2.05, 4.69) is 10.3 Å². The first-order valence-electron chi connectivity index (χ1n) is 5.38. The van der Waals surface area contributed by atoms with Gasteiger partial charge in [-0.15, -0.1) is 11.8 Å². The average Bonchev–Trinajstić information content (AvgIpc) is 2.46. The first kappa shape index (κ1) is 12.0. The lowest BCUT2D eigenvalue weighted by Crippen LogP contribution is -2.36. The Morgan fingerprint density at radius 1 is 1.47 bits per heavy atom. The molecule has 4 nitrogen and oxygen atoms in total. The lowest BCUT2D eigenvalue weighted by Gasteiger charge is -2.14. The van der Waals surface area contributed by atoms with Crippen molar-refractivity contribution in [3.63, 3.8) is 0 Å².